The van der Waals surface area contributed by atoms with Gasteiger partial charge in [0.15, 0.2) is 0 Å². The van der Waals surface area contributed by atoms with Crippen LogP contribution in [0.15, 0.2) is 140 Å². The van der Waals surface area contributed by atoms with Crippen LogP contribution in [0.25, 0.3) is 32.3 Å². The normalized spacial score (nSPS) is 11.1. The third kappa shape index (κ3) is 9.73. The molecule has 0 spiro atoms. The van der Waals surface area contributed by atoms with Crippen LogP contribution < -0.4 is 24.8 Å². The molecule has 0 bridgehead atoms. The van der Waals surface area contributed by atoms with Crippen molar-refractivity contribution in [3.05, 3.63) is 167 Å². The molecule has 0 nitrogen and oxygen atoms in total. The first-order valence-corrected chi connectivity index (χ1v) is 17.1. The van der Waals surface area contributed by atoms with Crippen molar-refractivity contribution in [3.63, 3.8) is 0 Å². The molecule has 47 heavy (non-hydrogen) atoms. The average molecular weight is 735 g/mol. The molecule has 0 saturated carbocycles. The van der Waals surface area contributed by atoms with Gasteiger partial charge >= 0.3 is 99.2 Å². The van der Waals surface area contributed by atoms with Crippen LogP contribution in [-0.2, 0) is 35.1 Å². The second-order valence-electron chi connectivity index (χ2n) is 14.0. The Balaban J connectivity index is 0.000000200. The van der Waals surface area contributed by atoms with Crippen molar-refractivity contribution in [3.8, 4) is 0 Å². The first kappa shape index (κ1) is 38.4. The van der Waals surface area contributed by atoms with E-state index in [9.17, 15) is 0 Å². The molecule has 0 aliphatic heterocycles. The van der Waals surface area contributed by atoms with E-state index in [4.69, 9.17) is 0 Å². The molecule has 0 amide bonds. The van der Waals surface area contributed by atoms with Gasteiger partial charge in [-0.25, -0.2) is 0 Å². The third-order valence-electron chi connectivity index (χ3n) is 8.32. The Kier molecular flexibility index (Phi) is 13.3. The van der Waals surface area contributed by atoms with Gasteiger partial charge in [0.2, 0.25) is 0 Å². The fourth-order valence-corrected chi connectivity index (χ4v) is 6.46. The van der Waals surface area contributed by atoms with Crippen molar-refractivity contribution in [1.82, 2.24) is 0 Å². The number of aryl methyl sites for hydroxylation is 1. The molecule has 3 heteroatoms. The summed E-state index contributed by atoms with van der Waals surface area (Å²) in [6.07, 6.45) is 0. The monoisotopic (exact) mass is 732 g/mol. The van der Waals surface area contributed by atoms with Gasteiger partial charge in [-0.15, -0.1) is 80.3 Å². The van der Waals surface area contributed by atoms with Crippen LogP contribution in [0.3, 0.4) is 0 Å². The van der Waals surface area contributed by atoms with Crippen molar-refractivity contribution in [2.45, 2.75) is 59.3 Å². The summed E-state index contributed by atoms with van der Waals surface area (Å²) in [5.74, 6) is 0. The summed E-state index contributed by atoms with van der Waals surface area (Å²) in [5.41, 5.74) is 7.22. The van der Waals surface area contributed by atoms with E-state index in [1.807, 2.05) is 0 Å². The average Bonchev–Trinajstić information content (AvgIpc) is 3.60. The Hall–Kier alpha value is -3.09. The van der Waals surface area contributed by atoms with Gasteiger partial charge in [-0.1, -0.05) is 89.9 Å². The molecule has 0 aliphatic rings. The molecule has 0 unspecified atom stereocenters. The number of halogens is 2. The topological polar surface area (TPSA) is 0 Å². The molecule has 0 N–H and O–H groups in total. The zero-order valence-electron chi connectivity index (χ0n) is 28.5. The fourth-order valence-electron chi connectivity index (χ4n) is 5.64. The van der Waals surface area contributed by atoms with E-state index in [-0.39, 0.29) is 35.6 Å². The maximum atomic E-state index is 2.35. The number of benzene rings is 5. The summed E-state index contributed by atoms with van der Waals surface area (Å²) in [6.45, 7) is 15.8. The first-order chi connectivity index (χ1) is 21.4. The minimum absolute atomic E-state index is 0. The molecule has 7 aromatic carbocycles. The summed E-state index contributed by atoms with van der Waals surface area (Å²) in [5, 5.41) is 8.17. The molecular weight excluding hydrogens is 691 g/mol. The van der Waals surface area contributed by atoms with Gasteiger partial charge in [0, 0.05) is 0 Å². The zero-order valence-corrected chi connectivity index (χ0v) is 32.5. The van der Waals surface area contributed by atoms with Crippen molar-refractivity contribution in [2.24, 2.45) is 0 Å². The van der Waals surface area contributed by atoms with Crippen LogP contribution in [0, 0.1) is 6.92 Å². The summed E-state index contributed by atoms with van der Waals surface area (Å²) in [7, 11) is 0. The molecule has 7 rings (SSSR count). The number of fused-ring (bicyclic) bond motifs is 4. The van der Waals surface area contributed by atoms with E-state index in [1.54, 1.807) is 0 Å². The standard InChI is InChI=1S/C21H25.C13H10.C10H9.2ClH.Zr/c1-20(2,3)16-7-9-18-14(12-16)11-15-13-17(21(4,5)6)8-10-19(15)18;1-3-7-12(8-4-1)11-13-9-5-2-6-10-13;1-8-6-9-4-2-3-5-10(9)7-8;;;/h7-13H,1-6H3;1-10H;2-7H,1H3;2*1H;/q-1;;-1;;;+2/p-2. The zero-order chi connectivity index (χ0) is 32.2. The minimum atomic E-state index is 0. The van der Waals surface area contributed by atoms with Gasteiger partial charge in [-0.05, 0) is 10.8 Å². The van der Waals surface area contributed by atoms with Gasteiger partial charge in [-0.2, -0.15) is 6.07 Å². The van der Waals surface area contributed by atoms with Crippen molar-refractivity contribution in [1.29, 1.82) is 0 Å². The molecule has 0 saturated heterocycles. The quantitative estimate of drug-likeness (QED) is 0.192. The van der Waals surface area contributed by atoms with Crippen LogP contribution in [0.1, 0.15) is 69.4 Å². The Morgan fingerprint density at radius 3 is 1.34 bits per heavy atom. The van der Waals surface area contributed by atoms with Crippen LogP contribution in [-0.4, -0.2) is 3.21 Å². The summed E-state index contributed by atoms with van der Waals surface area (Å²) >= 11 is 1.46. The predicted molar refractivity (Wildman–Crippen MR) is 195 cm³/mol. The molecule has 0 fully saturated rings. The van der Waals surface area contributed by atoms with E-state index in [0.29, 0.717) is 0 Å². The molecule has 0 heterocycles. The molecular formula is C44H44Cl2Zr-2. The van der Waals surface area contributed by atoms with Gasteiger partial charge in [0.25, 0.3) is 0 Å². The molecule has 0 aliphatic carbocycles. The second-order valence-corrected chi connectivity index (χ2v) is 15.2. The predicted octanol–water partition coefficient (Wildman–Crippen LogP) is 5.98. The van der Waals surface area contributed by atoms with Gasteiger partial charge in [0.1, 0.15) is 0 Å². The SMILES string of the molecule is CC(C)(C)c1ccc2c(c1)[cH-]c1cc(C(C)(C)C)ccc12.Cc1cc2ccccc2[cH-]1.[Cl-].[Cl-].[Zr+2]=[C](c1ccccc1)c1ccccc1. The van der Waals surface area contributed by atoms with Crippen molar-refractivity contribution >= 4 is 35.5 Å². The molecule has 7 aromatic rings. The maximum absolute atomic E-state index is 2.35. The van der Waals surface area contributed by atoms with E-state index >= 15 is 0 Å². The van der Waals surface area contributed by atoms with Crippen molar-refractivity contribution in [2.75, 3.05) is 0 Å². The van der Waals surface area contributed by atoms with Crippen LogP contribution in [0.5, 0.6) is 0 Å². The van der Waals surface area contributed by atoms with E-state index in [0.717, 1.165) is 0 Å². The third-order valence-corrected chi connectivity index (χ3v) is 9.74. The Bertz CT molecular complexity index is 1890. The fraction of sp³-hybridized carbons (Fsp3) is 0.205. The van der Waals surface area contributed by atoms with E-state index < -0.39 is 0 Å². The van der Waals surface area contributed by atoms with Crippen LogP contribution in [0.4, 0.5) is 0 Å². The molecule has 0 radical (unpaired) electrons. The van der Waals surface area contributed by atoms with Gasteiger partial charge in [-0.3, -0.25) is 0 Å². The van der Waals surface area contributed by atoms with Crippen molar-refractivity contribution < 1.29 is 49.0 Å². The Morgan fingerprint density at radius 2 is 0.915 bits per heavy atom. The van der Waals surface area contributed by atoms with E-state index in [1.165, 1.54) is 87.6 Å². The number of hydrogen-bond acceptors (Lipinski definition) is 0. The Morgan fingerprint density at radius 1 is 0.489 bits per heavy atom. The van der Waals surface area contributed by atoms with Crippen LogP contribution >= 0.6 is 0 Å². The molecule has 240 valence electrons. The number of rotatable bonds is 2. The molecule has 0 atom stereocenters. The summed E-state index contributed by atoms with van der Waals surface area (Å²) in [6, 6.07) is 50.1. The number of hydrogen-bond donors (Lipinski definition) is 0. The van der Waals surface area contributed by atoms with Crippen LogP contribution in [0.2, 0.25) is 0 Å². The summed E-state index contributed by atoms with van der Waals surface area (Å²) < 4.78 is 1.42. The Labute approximate surface area is 309 Å². The van der Waals surface area contributed by atoms with E-state index in [2.05, 4.69) is 188 Å². The second kappa shape index (κ2) is 16.3. The van der Waals surface area contributed by atoms with Gasteiger partial charge in [0.05, 0.1) is 0 Å². The summed E-state index contributed by atoms with van der Waals surface area (Å²) in [4.78, 5) is 0. The molecule has 0 aromatic heterocycles. The first-order valence-electron chi connectivity index (χ1n) is 15.9. The van der Waals surface area contributed by atoms with Gasteiger partial charge < -0.3 is 24.8 Å².